The highest BCUT2D eigenvalue weighted by atomic mass is 16.2. The molecule has 5 heteroatoms. The van der Waals surface area contributed by atoms with Crippen LogP contribution in [0.4, 0.5) is 0 Å². The third kappa shape index (κ3) is 27.4. The highest BCUT2D eigenvalue weighted by molar-refractivity contribution is 5.92. The number of imide groups is 1. The lowest BCUT2D eigenvalue weighted by Gasteiger charge is -1.88. The van der Waals surface area contributed by atoms with E-state index in [-0.39, 0.29) is 11.8 Å². The Morgan fingerprint density at radius 2 is 1.36 bits per heavy atom. The number of nitrogens with two attached hydrogens (primary N) is 2. The Morgan fingerprint density at radius 1 is 1.09 bits per heavy atom. The molecule has 0 heterocycles. The number of hydrogen-bond acceptors (Lipinski definition) is 4. The quantitative estimate of drug-likeness (QED) is 0.439. The Bertz CT molecular complexity index is 111. The molecule has 0 aromatic heterocycles. The Hall–Kier alpha value is -0.940. The fourth-order valence-electron chi connectivity index (χ4n) is 0.248. The van der Waals surface area contributed by atoms with Gasteiger partial charge in [0.05, 0.1) is 0 Å². The van der Waals surface area contributed by atoms with Gasteiger partial charge >= 0.3 is 0 Å². The van der Waals surface area contributed by atoms with Crippen molar-refractivity contribution in [1.29, 1.82) is 0 Å². The van der Waals surface area contributed by atoms with Crippen LogP contribution >= 0.6 is 0 Å². The molecule has 0 aliphatic rings. The standard InChI is InChI=1S/C4H7NO2.C2H8N2/c1-3(6)5-4(2)7;3-1-2-4/h1-2H3,(H,5,6,7);1-4H2. The van der Waals surface area contributed by atoms with Crippen molar-refractivity contribution in [2.75, 3.05) is 13.1 Å². The number of nitrogens with one attached hydrogen (secondary N) is 1. The maximum atomic E-state index is 9.92. The first-order chi connectivity index (χ1) is 5.04. The van der Waals surface area contributed by atoms with Gasteiger partial charge in [0, 0.05) is 26.9 Å². The van der Waals surface area contributed by atoms with Gasteiger partial charge in [0.15, 0.2) is 0 Å². The van der Waals surface area contributed by atoms with E-state index >= 15 is 0 Å². The van der Waals surface area contributed by atoms with E-state index in [1.54, 1.807) is 0 Å². The predicted octanol–water partition coefficient (Wildman–Crippen LogP) is -1.43. The summed E-state index contributed by atoms with van der Waals surface area (Å²) in [7, 11) is 0. The smallest absolute Gasteiger partial charge is 0.223 e. The van der Waals surface area contributed by atoms with Crippen LogP contribution in [0.15, 0.2) is 0 Å². The number of rotatable bonds is 1. The van der Waals surface area contributed by atoms with Gasteiger partial charge in [-0.3, -0.25) is 14.9 Å². The summed E-state index contributed by atoms with van der Waals surface area (Å²) in [5.74, 6) is -0.625. The summed E-state index contributed by atoms with van der Waals surface area (Å²) in [4.78, 5) is 19.8. The third-order valence-corrected chi connectivity index (χ3v) is 0.519. The molecule has 0 unspecified atom stereocenters. The molecule has 0 bridgehead atoms. The van der Waals surface area contributed by atoms with Crippen molar-refractivity contribution in [1.82, 2.24) is 5.32 Å². The zero-order chi connectivity index (χ0) is 9.28. The Labute approximate surface area is 66.1 Å². The SMILES string of the molecule is CC(=O)NC(C)=O.NCCN. The lowest BCUT2D eigenvalue weighted by molar-refractivity contribution is -0.127. The minimum Gasteiger partial charge on any atom is -0.329 e. The Kier molecular flexibility index (Phi) is 10.5. The van der Waals surface area contributed by atoms with Crippen molar-refractivity contribution >= 4 is 11.8 Å². The van der Waals surface area contributed by atoms with E-state index in [4.69, 9.17) is 11.5 Å². The molecule has 0 aliphatic carbocycles. The van der Waals surface area contributed by atoms with Gasteiger partial charge in [0.1, 0.15) is 0 Å². The van der Waals surface area contributed by atoms with Crippen molar-refractivity contribution in [3.05, 3.63) is 0 Å². The topological polar surface area (TPSA) is 98.2 Å². The minimum atomic E-state index is -0.312. The zero-order valence-electron chi connectivity index (χ0n) is 6.89. The second kappa shape index (κ2) is 9.06. The van der Waals surface area contributed by atoms with E-state index < -0.39 is 0 Å². The van der Waals surface area contributed by atoms with E-state index in [9.17, 15) is 9.59 Å². The van der Waals surface area contributed by atoms with Crippen molar-refractivity contribution < 1.29 is 9.59 Å². The minimum absolute atomic E-state index is 0.312. The summed E-state index contributed by atoms with van der Waals surface area (Å²) in [6.45, 7) is 3.78. The fourth-order valence-corrected chi connectivity index (χ4v) is 0.248. The van der Waals surface area contributed by atoms with Crippen LogP contribution in [0.25, 0.3) is 0 Å². The molecule has 2 amide bonds. The molecule has 11 heavy (non-hydrogen) atoms. The van der Waals surface area contributed by atoms with Gasteiger partial charge in [-0.25, -0.2) is 0 Å². The molecule has 0 fully saturated rings. The second-order valence-corrected chi connectivity index (χ2v) is 1.81. The van der Waals surface area contributed by atoms with Crippen LogP contribution in [0, 0.1) is 0 Å². The summed E-state index contributed by atoms with van der Waals surface area (Å²) in [6, 6.07) is 0. The van der Waals surface area contributed by atoms with Gasteiger partial charge in [-0.2, -0.15) is 0 Å². The monoisotopic (exact) mass is 161 g/mol. The molecule has 0 aromatic carbocycles. The van der Waals surface area contributed by atoms with E-state index in [0.29, 0.717) is 13.1 Å². The van der Waals surface area contributed by atoms with Crippen molar-refractivity contribution in [2.45, 2.75) is 13.8 Å². The highest BCUT2D eigenvalue weighted by Gasteiger charge is 1.90. The molecular formula is C6H15N3O2. The summed E-state index contributed by atoms with van der Waals surface area (Å²) in [5.41, 5.74) is 9.81. The average molecular weight is 161 g/mol. The predicted molar refractivity (Wildman–Crippen MR) is 42.6 cm³/mol. The molecule has 66 valence electrons. The molecule has 0 saturated carbocycles. The van der Waals surface area contributed by atoms with E-state index in [1.807, 2.05) is 5.32 Å². The number of amides is 2. The maximum Gasteiger partial charge on any atom is 0.223 e. The van der Waals surface area contributed by atoms with Crippen LogP contribution in [0.2, 0.25) is 0 Å². The summed E-state index contributed by atoms with van der Waals surface area (Å²) in [6.07, 6.45) is 0. The Morgan fingerprint density at radius 3 is 1.36 bits per heavy atom. The molecule has 0 atom stereocenters. The summed E-state index contributed by atoms with van der Waals surface area (Å²) < 4.78 is 0. The molecular weight excluding hydrogens is 146 g/mol. The van der Waals surface area contributed by atoms with Gasteiger partial charge in [-0.15, -0.1) is 0 Å². The molecule has 0 rings (SSSR count). The molecule has 0 saturated heterocycles. The van der Waals surface area contributed by atoms with Gasteiger partial charge in [0.25, 0.3) is 0 Å². The van der Waals surface area contributed by atoms with Crippen LogP contribution in [-0.2, 0) is 9.59 Å². The normalized spacial score (nSPS) is 7.64. The molecule has 5 nitrogen and oxygen atoms in total. The largest absolute Gasteiger partial charge is 0.329 e. The first-order valence-corrected chi connectivity index (χ1v) is 3.22. The van der Waals surface area contributed by atoms with Crippen molar-refractivity contribution in [2.24, 2.45) is 11.5 Å². The summed E-state index contributed by atoms with van der Waals surface area (Å²) in [5, 5.41) is 2.03. The molecule has 0 radical (unpaired) electrons. The fraction of sp³-hybridized carbons (Fsp3) is 0.667. The van der Waals surface area contributed by atoms with E-state index in [0.717, 1.165) is 0 Å². The Balaban J connectivity index is 0. The van der Waals surface area contributed by atoms with Gasteiger partial charge < -0.3 is 11.5 Å². The van der Waals surface area contributed by atoms with Crippen LogP contribution in [0.3, 0.4) is 0 Å². The van der Waals surface area contributed by atoms with Crippen LogP contribution in [0.5, 0.6) is 0 Å². The third-order valence-electron chi connectivity index (χ3n) is 0.519. The van der Waals surface area contributed by atoms with Gasteiger partial charge in [-0.05, 0) is 0 Å². The van der Waals surface area contributed by atoms with Gasteiger partial charge in [0.2, 0.25) is 11.8 Å². The van der Waals surface area contributed by atoms with Crippen LogP contribution in [-0.4, -0.2) is 24.9 Å². The average Bonchev–Trinajstić information content (AvgIpc) is 1.85. The first kappa shape index (κ1) is 12.7. The van der Waals surface area contributed by atoms with Gasteiger partial charge in [-0.1, -0.05) is 0 Å². The lowest BCUT2D eigenvalue weighted by Crippen LogP contribution is -2.24. The first-order valence-electron chi connectivity index (χ1n) is 3.22. The molecule has 0 aliphatic heterocycles. The molecule has 0 spiro atoms. The molecule has 0 aromatic rings. The number of carbonyl (C=O) groups excluding carboxylic acids is 2. The number of hydrogen-bond donors (Lipinski definition) is 3. The van der Waals surface area contributed by atoms with E-state index in [2.05, 4.69) is 0 Å². The van der Waals surface area contributed by atoms with Crippen LogP contribution < -0.4 is 16.8 Å². The highest BCUT2D eigenvalue weighted by Crippen LogP contribution is 1.58. The van der Waals surface area contributed by atoms with Crippen molar-refractivity contribution in [3.63, 3.8) is 0 Å². The number of carbonyl (C=O) groups is 2. The van der Waals surface area contributed by atoms with Crippen LogP contribution in [0.1, 0.15) is 13.8 Å². The van der Waals surface area contributed by atoms with Crippen molar-refractivity contribution in [3.8, 4) is 0 Å². The maximum absolute atomic E-state index is 9.92. The van der Waals surface area contributed by atoms with E-state index in [1.165, 1.54) is 13.8 Å². The lowest BCUT2D eigenvalue weighted by atomic mass is 10.6. The molecule has 5 N–H and O–H groups in total. The zero-order valence-corrected chi connectivity index (χ0v) is 6.89. The second-order valence-electron chi connectivity index (χ2n) is 1.81. The summed E-state index contributed by atoms with van der Waals surface area (Å²) >= 11 is 0.